The summed E-state index contributed by atoms with van der Waals surface area (Å²) in [7, 11) is -3.02. The van der Waals surface area contributed by atoms with Gasteiger partial charge in [0.2, 0.25) is 10.0 Å². The number of benzene rings is 1. The number of nitrogens with zero attached hydrogens (tertiary/aromatic N) is 3. The summed E-state index contributed by atoms with van der Waals surface area (Å²) in [6, 6.07) is 9.66. The maximum Gasteiger partial charge on any atom is 0.214 e. The van der Waals surface area contributed by atoms with Gasteiger partial charge < -0.3 is 0 Å². The summed E-state index contributed by atoms with van der Waals surface area (Å²) in [6.45, 7) is 1.09. The summed E-state index contributed by atoms with van der Waals surface area (Å²) in [4.78, 5) is 0. The highest BCUT2D eigenvalue weighted by Crippen LogP contribution is 2.18. The van der Waals surface area contributed by atoms with E-state index < -0.39 is 10.0 Å². The van der Waals surface area contributed by atoms with E-state index in [1.807, 2.05) is 36.5 Å². The van der Waals surface area contributed by atoms with Crippen molar-refractivity contribution < 1.29 is 8.42 Å². The van der Waals surface area contributed by atoms with Crippen LogP contribution in [0.25, 0.3) is 5.69 Å². The van der Waals surface area contributed by atoms with Crippen LogP contribution >= 0.6 is 0 Å². The molecular weight excluding hydrogens is 262 g/mol. The Hall–Kier alpha value is -1.66. The maximum absolute atomic E-state index is 11.7. The van der Waals surface area contributed by atoms with Crippen molar-refractivity contribution in [2.75, 3.05) is 12.3 Å². The molecule has 1 saturated heterocycles. The summed E-state index contributed by atoms with van der Waals surface area (Å²) in [6.07, 6.45) is 4.33. The Bertz CT molecular complexity index is 648. The molecule has 0 amide bonds. The zero-order valence-electron chi connectivity index (χ0n) is 10.4. The lowest BCUT2D eigenvalue weighted by Gasteiger charge is -2.14. The third kappa shape index (κ3) is 2.54. The molecule has 0 N–H and O–H groups in total. The van der Waals surface area contributed by atoms with Gasteiger partial charge in [-0.05, 0) is 30.2 Å². The van der Waals surface area contributed by atoms with Gasteiger partial charge in [-0.2, -0.15) is 9.40 Å². The molecule has 2 heterocycles. The molecule has 1 aromatic carbocycles. The van der Waals surface area contributed by atoms with Crippen LogP contribution in [0.1, 0.15) is 12.0 Å². The van der Waals surface area contributed by atoms with Crippen LogP contribution in [-0.4, -0.2) is 34.8 Å². The molecule has 0 aliphatic carbocycles. The monoisotopic (exact) mass is 277 g/mol. The van der Waals surface area contributed by atoms with E-state index in [-0.39, 0.29) is 5.75 Å². The first-order valence-electron chi connectivity index (χ1n) is 6.22. The molecule has 19 heavy (non-hydrogen) atoms. The topological polar surface area (TPSA) is 55.2 Å². The molecule has 3 rings (SSSR count). The fourth-order valence-corrected chi connectivity index (χ4v) is 3.75. The van der Waals surface area contributed by atoms with E-state index in [2.05, 4.69) is 5.10 Å². The summed E-state index contributed by atoms with van der Waals surface area (Å²) in [5, 5.41) is 4.15. The van der Waals surface area contributed by atoms with Gasteiger partial charge in [0.1, 0.15) is 0 Å². The Morgan fingerprint density at radius 2 is 2.00 bits per heavy atom. The SMILES string of the molecule is O=S1(=O)CCCN1Cc1ccc(-n2cccn2)cc1. The minimum atomic E-state index is -3.02. The van der Waals surface area contributed by atoms with Crippen molar-refractivity contribution in [1.82, 2.24) is 14.1 Å². The fourth-order valence-electron chi connectivity index (χ4n) is 2.25. The fraction of sp³-hybridized carbons (Fsp3) is 0.308. The van der Waals surface area contributed by atoms with Gasteiger partial charge in [0.05, 0.1) is 11.4 Å². The van der Waals surface area contributed by atoms with E-state index in [0.717, 1.165) is 17.7 Å². The van der Waals surface area contributed by atoms with Crippen LogP contribution in [0.5, 0.6) is 0 Å². The predicted octanol–water partition coefficient (Wildman–Crippen LogP) is 1.41. The number of sulfonamides is 1. The first-order chi connectivity index (χ1) is 9.15. The van der Waals surface area contributed by atoms with Crippen molar-refractivity contribution in [3.8, 4) is 5.69 Å². The van der Waals surface area contributed by atoms with Gasteiger partial charge in [0, 0.05) is 25.5 Å². The van der Waals surface area contributed by atoms with Gasteiger partial charge in [-0.1, -0.05) is 12.1 Å². The van der Waals surface area contributed by atoms with Gasteiger partial charge >= 0.3 is 0 Å². The second kappa shape index (κ2) is 4.79. The first kappa shape index (κ1) is 12.4. The first-order valence-corrected chi connectivity index (χ1v) is 7.83. The maximum atomic E-state index is 11.7. The van der Waals surface area contributed by atoms with E-state index in [0.29, 0.717) is 13.1 Å². The van der Waals surface area contributed by atoms with E-state index in [4.69, 9.17) is 0 Å². The molecule has 1 aliphatic heterocycles. The molecule has 1 aliphatic rings. The van der Waals surface area contributed by atoms with Crippen molar-refractivity contribution in [2.24, 2.45) is 0 Å². The van der Waals surface area contributed by atoms with Crippen LogP contribution in [-0.2, 0) is 16.6 Å². The quantitative estimate of drug-likeness (QED) is 0.852. The van der Waals surface area contributed by atoms with E-state index in [1.165, 1.54) is 0 Å². The smallest absolute Gasteiger partial charge is 0.214 e. The molecular formula is C13H15N3O2S. The third-order valence-corrected chi connectivity index (χ3v) is 5.17. The Kier molecular flexibility index (Phi) is 3.12. The van der Waals surface area contributed by atoms with Gasteiger partial charge in [-0.15, -0.1) is 0 Å². The molecule has 0 bridgehead atoms. The second-order valence-corrected chi connectivity index (χ2v) is 6.71. The summed E-state index contributed by atoms with van der Waals surface area (Å²) in [5.74, 6) is 0.276. The van der Waals surface area contributed by atoms with Gasteiger partial charge in [-0.3, -0.25) is 0 Å². The Morgan fingerprint density at radius 1 is 1.21 bits per heavy atom. The lowest BCUT2D eigenvalue weighted by molar-refractivity contribution is 0.440. The summed E-state index contributed by atoms with van der Waals surface area (Å²) >= 11 is 0. The Balaban J connectivity index is 1.77. The lowest BCUT2D eigenvalue weighted by atomic mass is 10.2. The standard InChI is InChI=1S/C13H15N3O2S/c17-19(18)10-2-8-15(19)11-12-3-5-13(6-4-12)16-9-1-7-14-16/h1,3-7,9H,2,8,10-11H2. The van der Waals surface area contributed by atoms with Crippen LogP contribution in [0.2, 0.25) is 0 Å². The molecule has 0 saturated carbocycles. The van der Waals surface area contributed by atoms with Crippen LogP contribution in [0, 0.1) is 0 Å². The number of aromatic nitrogens is 2. The second-order valence-electron chi connectivity index (χ2n) is 4.62. The minimum absolute atomic E-state index is 0.276. The van der Waals surface area contributed by atoms with E-state index in [1.54, 1.807) is 15.2 Å². The van der Waals surface area contributed by atoms with Crippen LogP contribution in [0.4, 0.5) is 0 Å². The van der Waals surface area contributed by atoms with Crippen LogP contribution in [0.3, 0.4) is 0 Å². The van der Waals surface area contributed by atoms with Gasteiger partial charge in [-0.25, -0.2) is 13.1 Å². The van der Waals surface area contributed by atoms with Crippen LogP contribution < -0.4 is 0 Å². The zero-order chi connectivity index (χ0) is 13.3. The predicted molar refractivity (Wildman–Crippen MR) is 72.4 cm³/mol. The van der Waals surface area contributed by atoms with Crippen molar-refractivity contribution in [3.63, 3.8) is 0 Å². The zero-order valence-corrected chi connectivity index (χ0v) is 11.3. The average molecular weight is 277 g/mol. The Labute approximate surface area is 112 Å². The molecule has 100 valence electrons. The van der Waals surface area contributed by atoms with Gasteiger partial charge in [0.15, 0.2) is 0 Å². The molecule has 1 aromatic heterocycles. The van der Waals surface area contributed by atoms with Crippen molar-refractivity contribution >= 4 is 10.0 Å². The highest BCUT2D eigenvalue weighted by atomic mass is 32.2. The molecule has 0 spiro atoms. The van der Waals surface area contributed by atoms with Crippen molar-refractivity contribution in [2.45, 2.75) is 13.0 Å². The van der Waals surface area contributed by atoms with E-state index in [9.17, 15) is 8.42 Å². The number of rotatable bonds is 3. The minimum Gasteiger partial charge on any atom is -0.241 e. The molecule has 6 heteroatoms. The highest BCUT2D eigenvalue weighted by Gasteiger charge is 2.27. The highest BCUT2D eigenvalue weighted by molar-refractivity contribution is 7.89. The number of hydrogen-bond acceptors (Lipinski definition) is 3. The van der Waals surface area contributed by atoms with E-state index >= 15 is 0 Å². The van der Waals surface area contributed by atoms with Crippen LogP contribution in [0.15, 0.2) is 42.7 Å². The Morgan fingerprint density at radius 3 is 2.58 bits per heavy atom. The largest absolute Gasteiger partial charge is 0.241 e. The molecule has 2 aromatic rings. The third-order valence-electron chi connectivity index (χ3n) is 3.27. The average Bonchev–Trinajstić information content (AvgIpc) is 3.01. The summed E-state index contributed by atoms with van der Waals surface area (Å²) < 4.78 is 26.8. The molecule has 0 unspecified atom stereocenters. The molecule has 0 radical (unpaired) electrons. The number of hydrogen-bond donors (Lipinski definition) is 0. The molecule has 1 fully saturated rings. The molecule has 0 atom stereocenters. The van der Waals surface area contributed by atoms with Gasteiger partial charge in [0.25, 0.3) is 0 Å². The molecule has 5 nitrogen and oxygen atoms in total. The van der Waals surface area contributed by atoms with Crippen molar-refractivity contribution in [1.29, 1.82) is 0 Å². The van der Waals surface area contributed by atoms with Crippen molar-refractivity contribution in [3.05, 3.63) is 48.3 Å². The summed E-state index contributed by atoms with van der Waals surface area (Å²) in [5.41, 5.74) is 1.97. The normalized spacial score (nSPS) is 18.7. The lowest BCUT2D eigenvalue weighted by Crippen LogP contribution is -2.25.